The summed E-state index contributed by atoms with van der Waals surface area (Å²) < 4.78 is 42.8. The van der Waals surface area contributed by atoms with Crippen LogP contribution in [0.5, 0.6) is 0 Å². The number of guanidine groups is 1. The number of halogens is 1. The summed E-state index contributed by atoms with van der Waals surface area (Å²) in [6, 6.07) is -9.16. The quantitative estimate of drug-likeness (QED) is 0.00710. The monoisotopic (exact) mass is 1720 g/mol. The number of aliphatic imine (C=N–C) groups is 1. The first-order chi connectivity index (χ1) is 54.7. The fourth-order valence-corrected chi connectivity index (χ4v) is 14.6. The van der Waals surface area contributed by atoms with Crippen LogP contribution in [0.15, 0.2) is 64.2 Å². The minimum Gasteiger partial charge on any atom is -0.481 e. The number of aromatic amines is 1. The molecular weight excluding hydrogens is 1620 g/mol. The maximum atomic E-state index is 15.4. The summed E-state index contributed by atoms with van der Waals surface area (Å²) in [4.78, 5) is 237. The zero-order valence-electron chi connectivity index (χ0n) is 67.0. The molecule has 2 aromatic carbocycles. The molecule has 1 aromatic heterocycles. The van der Waals surface area contributed by atoms with Gasteiger partial charge in [0.1, 0.15) is 96.5 Å². The van der Waals surface area contributed by atoms with Gasteiger partial charge in [-0.05, 0) is 111 Å². The number of carbonyl (C=O) groups is 16. The SMILES string of the molecule is CCC(C)(C)[C@H](NC(=O)[C@H](NC(=O)[C@@H]1CCCN1C(=O)C(NC(=O)[C@@H](C)NC=O)C(O)c1ccc(Br)cc1)C(C)(C)C)C(=O)N[C@H](Cc1c[nH]c2ccccc12)C(=O)N[C@@H](CCCN=C(N)N)C(=O)N[C@H](CS(=O)(=O)O)C(=O)N[C@@H]1C(=O)N(C)[C@@H](CCC(N)=O)C(=O)N[C@H](C(C)C)C(=O)N2CCC[C@H]2C(=O)N[C@H](CC(=O)O)C(=O)O[C@@H]1C. The molecule has 3 aliphatic rings. The average Bonchev–Trinajstić information content (AvgIpc) is 1.80. The molecule has 4 heterocycles. The number of rotatable bonds is 35. The van der Waals surface area contributed by atoms with E-state index in [0.717, 1.165) is 23.8 Å². The van der Waals surface area contributed by atoms with Crippen molar-refractivity contribution in [1.29, 1.82) is 0 Å². The Morgan fingerprint density at radius 1 is 0.769 bits per heavy atom. The van der Waals surface area contributed by atoms with Gasteiger partial charge in [0, 0.05) is 61.1 Å². The van der Waals surface area contributed by atoms with Crippen LogP contribution < -0.4 is 70.4 Å². The number of benzene rings is 2. The lowest BCUT2D eigenvalue weighted by Crippen LogP contribution is -2.64. The molecule has 117 heavy (non-hydrogen) atoms. The number of aliphatic carboxylic acids is 1. The summed E-state index contributed by atoms with van der Waals surface area (Å²) >= 11 is 3.33. The number of hydrogen-bond acceptors (Lipinski definition) is 21. The van der Waals surface area contributed by atoms with Crippen molar-refractivity contribution in [1.82, 2.24) is 72.9 Å². The summed E-state index contributed by atoms with van der Waals surface area (Å²) in [7, 11) is -4.41. The number of nitrogens with two attached hydrogens (primary N) is 3. The second-order valence-electron chi connectivity index (χ2n) is 31.4. The van der Waals surface area contributed by atoms with Crippen molar-refractivity contribution in [2.75, 3.05) is 32.4 Å². The highest BCUT2D eigenvalue weighted by atomic mass is 79.9. The molecule has 42 heteroatoms. The number of carboxylic acid groups (broad SMARTS) is 1. The molecule has 3 aliphatic heterocycles. The number of likely N-dealkylation sites (N-methyl/N-ethyl adjacent to an activating group) is 1. The molecule has 0 radical (unpaired) electrons. The lowest BCUT2D eigenvalue weighted by atomic mass is 9.80. The number of aliphatic hydroxyl groups excluding tert-OH is 1. The van der Waals surface area contributed by atoms with Crippen LogP contribution in [0.3, 0.4) is 0 Å². The third-order valence-electron chi connectivity index (χ3n) is 20.8. The highest BCUT2D eigenvalue weighted by Gasteiger charge is 2.48. The molecular formula is C75H109BrN18O22S. The second-order valence-corrected chi connectivity index (χ2v) is 33.8. The van der Waals surface area contributed by atoms with Gasteiger partial charge in [-0.25, -0.2) is 4.79 Å². The molecule has 3 fully saturated rings. The minimum atomic E-state index is -5.42. The lowest BCUT2D eigenvalue weighted by molar-refractivity contribution is -0.161. The zero-order chi connectivity index (χ0) is 87.5. The standard InChI is InChI=1S/C75H109BrN18O22S/c1-12-75(9,10)59(91-67(107)58(74(6,7)8)90-66(106)51-22-17-31-94(51)71(111)56(89-60(100)38(4)82-36-95)57(99)40-23-25-42(76)26-24-40)68(108)84-46(32-41-34-81-44-19-14-13-18-43(41)44)62(102)83-45(20-15-29-80-73(78)79)61(101)86-48(35-117(113,114)115)63(103)88-55-39(5)116-72(112)47(33-53(97)98)85-65(105)50-21-16-30-93(50)70(110)54(37(2)3)87-64(104)49(27-28-52(77)96)92(11)69(55)109/h13-14,18-19,23-26,34,36-39,45-51,54-59,81,99H,12,15-17,20-22,27-33,35H2,1-11H3,(H2,77,96)(H,82,95)(H,83,102)(H,84,108)(H,85,105)(H,86,101)(H,87,104)(H,88,103)(H,89,100)(H,90,106)(H,91,107)(H,97,98)(H4,78,79,80)(H,113,114,115)/t38-,39-,45+,46-,47-,48-,49+,50+,51+,54-,55+,56?,57?,58+,59-/m1/s1. The Hall–Kier alpha value is -10.9. The van der Waals surface area contributed by atoms with Crippen molar-refractivity contribution < 1.29 is 105 Å². The van der Waals surface area contributed by atoms with Gasteiger partial charge in [-0.3, -0.25) is 81.5 Å². The topological polar surface area (TPSA) is 613 Å². The highest BCUT2D eigenvalue weighted by molar-refractivity contribution is 9.10. The number of likely N-dealkylation sites (tertiary alicyclic amines) is 1. The van der Waals surface area contributed by atoms with E-state index in [2.05, 4.69) is 79.1 Å². The molecule has 3 aromatic rings. The first kappa shape index (κ1) is 95.0. The Morgan fingerprint density at radius 2 is 1.39 bits per heavy atom. The van der Waals surface area contributed by atoms with E-state index in [1.807, 2.05) is 0 Å². The zero-order valence-corrected chi connectivity index (χ0v) is 69.4. The van der Waals surface area contributed by atoms with Gasteiger partial charge >= 0.3 is 11.9 Å². The van der Waals surface area contributed by atoms with E-state index in [4.69, 9.17) is 21.9 Å². The van der Waals surface area contributed by atoms with Crippen LogP contribution in [0, 0.1) is 16.7 Å². The number of ether oxygens (including phenoxy) is 1. The number of carboxylic acids is 1. The van der Waals surface area contributed by atoms with E-state index < -0.39 is 244 Å². The largest absolute Gasteiger partial charge is 0.481 e. The van der Waals surface area contributed by atoms with Gasteiger partial charge < -0.3 is 105 Å². The highest BCUT2D eigenvalue weighted by Crippen LogP contribution is 2.31. The minimum absolute atomic E-state index is 0.0131. The number of aliphatic hydroxyl groups is 1. The molecule has 6 rings (SSSR count). The molecule has 15 atom stereocenters. The van der Waals surface area contributed by atoms with Gasteiger partial charge in [0.25, 0.3) is 10.1 Å². The first-order valence-corrected chi connectivity index (χ1v) is 40.6. The van der Waals surface area contributed by atoms with Crippen molar-refractivity contribution in [3.05, 3.63) is 70.3 Å². The number of nitrogens with one attached hydrogen (secondary N) is 11. The van der Waals surface area contributed by atoms with Crippen molar-refractivity contribution in [3.8, 4) is 0 Å². The molecule has 2 unspecified atom stereocenters. The second kappa shape index (κ2) is 41.8. The van der Waals surface area contributed by atoms with E-state index in [1.54, 1.807) is 98.0 Å². The molecule has 40 nitrogen and oxygen atoms in total. The summed E-state index contributed by atoms with van der Waals surface area (Å²) in [5.74, 6) is -19.8. The van der Waals surface area contributed by atoms with E-state index in [0.29, 0.717) is 25.8 Å². The van der Waals surface area contributed by atoms with Gasteiger partial charge in [0.2, 0.25) is 83.2 Å². The number of carbonyl (C=O) groups excluding carboxylic acids is 15. The van der Waals surface area contributed by atoms with Crippen LogP contribution in [0.1, 0.15) is 151 Å². The van der Waals surface area contributed by atoms with Crippen molar-refractivity contribution in [2.45, 2.75) is 231 Å². The smallest absolute Gasteiger partial charge is 0.329 e. The van der Waals surface area contributed by atoms with Crippen LogP contribution in [0.25, 0.3) is 10.9 Å². The molecule has 0 spiro atoms. The van der Waals surface area contributed by atoms with Crippen LogP contribution in [0.2, 0.25) is 0 Å². The Balaban J connectivity index is 1.36. The fraction of sp³-hybridized carbons (Fsp3) is 0.587. The maximum Gasteiger partial charge on any atom is 0.329 e. The first-order valence-electron chi connectivity index (χ1n) is 38.2. The van der Waals surface area contributed by atoms with Crippen LogP contribution >= 0.6 is 15.9 Å². The number of primary amides is 1. The number of H-pyrrole nitrogens is 1. The number of nitrogens with zero attached hydrogens (tertiary/aromatic N) is 4. The third kappa shape index (κ3) is 26.3. The van der Waals surface area contributed by atoms with Crippen LogP contribution in [-0.4, -0.2) is 261 Å². The summed E-state index contributed by atoms with van der Waals surface area (Å²) in [5, 5.41) is 47.2. The number of fused-ring (bicyclic) bond motifs is 2. The van der Waals surface area contributed by atoms with E-state index in [-0.39, 0.29) is 76.6 Å². The average molecular weight is 1730 g/mol. The molecule has 0 bridgehead atoms. The van der Waals surface area contributed by atoms with E-state index in [1.165, 1.54) is 19.1 Å². The van der Waals surface area contributed by atoms with Gasteiger partial charge in [-0.1, -0.05) is 102 Å². The van der Waals surface area contributed by atoms with Gasteiger partial charge in [-0.2, -0.15) is 8.42 Å². The molecule has 3 saturated heterocycles. The van der Waals surface area contributed by atoms with Gasteiger partial charge in [0.05, 0.1) is 6.42 Å². The number of hydrogen-bond donors (Lipinski definition) is 17. The molecule has 0 aliphatic carbocycles. The van der Waals surface area contributed by atoms with Crippen LogP contribution in [-0.2, 0) is 98.0 Å². The summed E-state index contributed by atoms with van der Waals surface area (Å²) in [5.41, 5.74) is 15.6. The molecule has 14 amide bonds. The Kier molecular flexibility index (Phi) is 33.9. The fourth-order valence-electron chi connectivity index (χ4n) is 13.7. The third-order valence-corrected chi connectivity index (χ3v) is 22.1. The molecule has 0 saturated carbocycles. The van der Waals surface area contributed by atoms with Gasteiger partial charge in [0.15, 0.2) is 5.96 Å². The van der Waals surface area contributed by atoms with Gasteiger partial charge in [-0.15, -0.1) is 0 Å². The van der Waals surface area contributed by atoms with E-state index in [9.17, 15) is 75.9 Å². The molecule has 644 valence electrons. The van der Waals surface area contributed by atoms with Crippen molar-refractivity contribution in [2.24, 2.45) is 38.9 Å². The van der Waals surface area contributed by atoms with Crippen molar-refractivity contribution >= 4 is 138 Å². The summed E-state index contributed by atoms with van der Waals surface area (Å²) in [6.07, 6.45) is -4.41. The predicted octanol–water partition coefficient (Wildman–Crippen LogP) is -2.72. The Morgan fingerprint density at radius 3 is 2.00 bits per heavy atom. The normalized spacial score (nSPS) is 21.2. The number of aromatic nitrogens is 1. The maximum absolute atomic E-state index is 15.4. The molecule has 20 N–H and O–H groups in total. The summed E-state index contributed by atoms with van der Waals surface area (Å²) in [6.45, 7) is 15.0. The number of amides is 14. The number of cyclic esters (lactones) is 1. The van der Waals surface area contributed by atoms with Crippen molar-refractivity contribution in [3.63, 3.8) is 0 Å². The number of para-hydroxylation sites is 1. The van der Waals surface area contributed by atoms with E-state index >= 15 is 24.0 Å². The Bertz CT molecular complexity index is 4320. The number of esters is 1. The Labute approximate surface area is 684 Å². The van der Waals surface area contributed by atoms with Crippen LogP contribution in [0.4, 0.5) is 0 Å². The predicted molar refractivity (Wildman–Crippen MR) is 424 cm³/mol. The lowest BCUT2D eigenvalue weighted by Gasteiger charge is -2.38.